The number of carbonyl (C=O) groups is 1. The average Bonchev–Trinajstić information content (AvgIpc) is 3.70. The number of ether oxygens (including phenoxy) is 2. The van der Waals surface area contributed by atoms with Crippen LogP contribution in [0.1, 0.15) is 19.3 Å². The number of hydrogen-bond donors (Lipinski definition) is 3. The zero-order chi connectivity index (χ0) is 30.9. The van der Waals surface area contributed by atoms with E-state index < -0.39 is 37.2 Å². The van der Waals surface area contributed by atoms with Crippen molar-refractivity contribution in [3.63, 3.8) is 0 Å². The van der Waals surface area contributed by atoms with Gasteiger partial charge in [-0.25, -0.2) is 13.4 Å². The zero-order valence-electron chi connectivity index (χ0n) is 23.9. The van der Waals surface area contributed by atoms with E-state index in [-0.39, 0.29) is 16.3 Å². The van der Waals surface area contributed by atoms with E-state index in [2.05, 4.69) is 20.2 Å². The van der Waals surface area contributed by atoms with Gasteiger partial charge in [-0.1, -0.05) is 18.2 Å². The summed E-state index contributed by atoms with van der Waals surface area (Å²) >= 11 is 0. The molecule has 2 aromatic heterocycles. The van der Waals surface area contributed by atoms with Gasteiger partial charge in [0.25, 0.3) is 5.69 Å². The smallest absolute Gasteiger partial charge is 0.293 e. The third kappa shape index (κ3) is 5.55. The van der Waals surface area contributed by atoms with Gasteiger partial charge < -0.3 is 25.5 Å². The fraction of sp³-hybridized carbons (Fsp3) is 0.400. The van der Waals surface area contributed by atoms with E-state index in [1.54, 1.807) is 18.3 Å². The van der Waals surface area contributed by atoms with Crippen molar-refractivity contribution in [1.29, 1.82) is 0 Å². The topological polar surface area (TPSA) is 183 Å². The number of hydrogen-bond acceptors (Lipinski definition) is 10. The number of primary amides is 1. The normalized spacial score (nSPS) is 24.5. The van der Waals surface area contributed by atoms with Crippen molar-refractivity contribution in [2.24, 2.45) is 17.6 Å². The molecule has 4 N–H and O–H groups in total. The summed E-state index contributed by atoms with van der Waals surface area (Å²) < 4.78 is 40.4. The molecule has 3 atom stereocenters. The van der Waals surface area contributed by atoms with Gasteiger partial charge in [0, 0.05) is 50.0 Å². The Kier molecular flexibility index (Phi) is 8.14. The van der Waals surface area contributed by atoms with Crippen LogP contribution >= 0.6 is 0 Å². The van der Waals surface area contributed by atoms with Crippen LogP contribution in [0.15, 0.2) is 71.9 Å². The number of allylic oxidation sites excluding steroid dienone is 2. The van der Waals surface area contributed by atoms with Gasteiger partial charge in [0.15, 0.2) is 0 Å². The first kappa shape index (κ1) is 29.8. The minimum absolute atomic E-state index is 0.0750. The molecule has 2 aliphatic heterocycles. The van der Waals surface area contributed by atoms with Gasteiger partial charge in [0.05, 0.1) is 16.0 Å². The summed E-state index contributed by atoms with van der Waals surface area (Å²) in [7, 11) is -4.62. The van der Waals surface area contributed by atoms with Crippen molar-refractivity contribution in [2.45, 2.75) is 35.1 Å². The Hall–Kier alpha value is -4.27. The van der Waals surface area contributed by atoms with Gasteiger partial charge in [-0.2, -0.15) is 0 Å². The second-order valence-electron chi connectivity index (χ2n) is 11.3. The number of rotatable bonds is 10. The van der Waals surface area contributed by atoms with Gasteiger partial charge in [-0.05, 0) is 62.1 Å². The first-order chi connectivity index (χ1) is 21.2. The number of sulfone groups is 1. The lowest BCUT2D eigenvalue weighted by molar-refractivity contribution is -0.384. The molecule has 232 valence electrons. The van der Waals surface area contributed by atoms with Crippen molar-refractivity contribution >= 4 is 38.2 Å². The summed E-state index contributed by atoms with van der Waals surface area (Å²) in [5, 5.41) is 16.0. The summed E-state index contributed by atoms with van der Waals surface area (Å²) in [6, 6.07) is 7.50. The molecule has 0 radical (unpaired) electrons. The molecule has 3 aliphatic rings. The minimum Gasteiger partial charge on any atom is -0.464 e. The summed E-state index contributed by atoms with van der Waals surface area (Å²) in [4.78, 5) is 31.1. The SMILES string of the molecule is NC(=O)C1C=CC=CC1(Oc1cnc2[nH]ccc2c1)S(=O)(=O)c1ccc(NC[C@H]2CCN(C3CCOCC3)C2)c([N+](=O)[O-])c1. The molecule has 1 aliphatic carbocycles. The number of nitro groups is 1. The summed E-state index contributed by atoms with van der Waals surface area (Å²) in [5.41, 5.74) is 6.06. The highest BCUT2D eigenvalue weighted by atomic mass is 32.2. The number of likely N-dealkylation sites (tertiary alicyclic amines) is 1. The summed E-state index contributed by atoms with van der Waals surface area (Å²) in [5.74, 6) is -2.01. The first-order valence-corrected chi connectivity index (χ1v) is 16.0. The van der Waals surface area contributed by atoms with Crippen LogP contribution in [0, 0.1) is 22.0 Å². The van der Waals surface area contributed by atoms with Gasteiger partial charge >= 0.3 is 0 Å². The molecule has 2 saturated heterocycles. The number of H-pyrrole nitrogens is 1. The van der Waals surface area contributed by atoms with Gasteiger partial charge in [-0.3, -0.25) is 19.8 Å². The van der Waals surface area contributed by atoms with Crippen molar-refractivity contribution < 1.29 is 27.6 Å². The van der Waals surface area contributed by atoms with Crippen LogP contribution in [0.2, 0.25) is 0 Å². The van der Waals surface area contributed by atoms with Crippen molar-refractivity contribution in [2.75, 3.05) is 38.2 Å². The molecular weight excluding hydrogens is 588 g/mol. The number of nitrogens with zero attached hydrogens (tertiary/aromatic N) is 3. The number of pyridine rings is 1. The second-order valence-corrected chi connectivity index (χ2v) is 13.5. The third-order valence-corrected chi connectivity index (χ3v) is 10.8. The van der Waals surface area contributed by atoms with Crippen LogP contribution in [-0.4, -0.2) is 77.9 Å². The molecule has 44 heavy (non-hydrogen) atoms. The van der Waals surface area contributed by atoms with E-state index in [1.165, 1.54) is 42.6 Å². The highest BCUT2D eigenvalue weighted by Gasteiger charge is 2.54. The predicted molar refractivity (Wildman–Crippen MR) is 163 cm³/mol. The number of carbonyl (C=O) groups excluding carboxylic acids is 1. The molecule has 2 fully saturated rings. The number of benzene rings is 1. The van der Waals surface area contributed by atoms with Crippen LogP contribution in [0.3, 0.4) is 0 Å². The molecule has 1 amide bonds. The molecular formula is C30H34N6O7S. The zero-order valence-corrected chi connectivity index (χ0v) is 24.7. The van der Waals surface area contributed by atoms with Gasteiger partial charge in [0.1, 0.15) is 23.0 Å². The Bertz CT molecular complexity index is 1730. The number of aromatic amines is 1. The predicted octanol–water partition coefficient (Wildman–Crippen LogP) is 3.16. The monoisotopic (exact) mass is 622 g/mol. The lowest BCUT2D eigenvalue weighted by Gasteiger charge is -2.36. The number of nitrogens with one attached hydrogen (secondary N) is 2. The third-order valence-electron chi connectivity index (χ3n) is 8.64. The van der Waals surface area contributed by atoms with Gasteiger partial charge in [0.2, 0.25) is 20.7 Å². The number of amides is 1. The molecule has 4 heterocycles. The molecule has 1 aromatic carbocycles. The molecule has 0 bridgehead atoms. The van der Waals surface area contributed by atoms with Crippen LogP contribution in [0.25, 0.3) is 11.0 Å². The van der Waals surface area contributed by atoms with Crippen LogP contribution in [0.4, 0.5) is 11.4 Å². The Labute approximate surface area is 254 Å². The lowest BCUT2D eigenvalue weighted by Crippen LogP contribution is -2.53. The molecule has 0 saturated carbocycles. The standard InChI is InChI=1S/C30H34N6O7S/c31-28(37)25-3-1-2-10-30(25,43-23-15-21-6-11-32-29(21)34-18-23)44(40,41)24-4-5-26(27(16-24)36(38)39)33-17-20-7-12-35(19-20)22-8-13-42-14-9-22/h1-6,10-11,15-16,18,20,22,25,33H,7-9,12-14,17,19H2,(H2,31,37)(H,32,34)/t20-,25?,30?/m1/s1. The molecule has 0 spiro atoms. The van der Waals surface area contributed by atoms with E-state index in [1.807, 2.05) is 0 Å². The maximum absolute atomic E-state index is 14.4. The molecule has 13 nitrogen and oxygen atoms in total. The largest absolute Gasteiger partial charge is 0.464 e. The molecule has 3 aromatic rings. The molecule has 2 unspecified atom stereocenters. The van der Waals surface area contributed by atoms with E-state index >= 15 is 0 Å². The fourth-order valence-corrected chi connectivity index (χ4v) is 8.17. The van der Waals surface area contributed by atoms with Crippen LogP contribution in [-0.2, 0) is 19.4 Å². The first-order valence-electron chi connectivity index (χ1n) is 14.5. The van der Waals surface area contributed by atoms with E-state index in [9.17, 15) is 23.3 Å². The second kappa shape index (κ2) is 12.0. The maximum atomic E-state index is 14.4. The maximum Gasteiger partial charge on any atom is 0.293 e. The Morgan fingerprint density at radius 2 is 2.05 bits per heavy atom. The fourth-order valence-electron chi connectivity index (χ4n) is 6.29. The Balaban J connectivity index is 1.28. The van der Waals surface area contributed by atoms with Gasteiger partial charge in [-0.15, -0.1) is 0 Å². The highest BCUT2D eigenvalue weighted by Crippen LogP contribution is 2.41. The van der Waals surface area contributed by atoms with E-state index in [4.69, 9.17) is 15.2 Å². The van der Waals surface area contributed by atoms with Crippen LogP contribution < -0.4 is 15.8 Å². The Morgan fingerprint density at radius 3 is 2.82 bits per heavy atom. The minimum atomic E-state index is -4.62. The molecule has 14 heteroatoms. The van der Waals surface area contributed by atoms with Crippen molar-refractivity contribution in [3.05, 3.63) is 77.1 Å². The van der Waals surface area contributed by atoms with Crippen molar-refractivity contribution in [3.8, 4) is 5.75 Å². The van der Waals surface area contributed by atoms with Crippen molar-refractivity contribution in [1.82, 2.24) is 14.9 Å². The number of anilines is 1. The number of aromatic nitrogens is 2. The number of nitro benzene ring substituents is 1. The highest BCUT2D eigenvalue weighted by molar-refractivity contribution is 7.93. The average molecular weight is 623 g/mol. The number of fused-ring (bicyclic) bond motifs is 1. The van der Waals surface area contributed by atoms with Crippen LogP contribution in [0.5, 0.6) is 5.75 Å². The van der Waals surface area contributed by atoms with E-state index in [0.717, 1.165) is 51.6 Å². The number of nitrogens with two attached hydrogens (primary N) is 1. The summed E-state index contributed by atoms with van der Waals surface area (Å²) in [6.07, 6.45) is 11.5. The lowest BCUT2D eigenvalue weighted by atomic mass is 9.96. The summed E-state index contributed by atoms with van der Waals surface area (Å²) in [6.45, 7) is 3.89. The molecule has 6 rings (SSSR count). The Morgan fingerprint density at radius 1 is 1.23 bits per heavy atom. The quantitative estimate of drug-likeness (QED) is 0.224. The van der Waals surface area contributed by atoms with E-state index in [0.29, 0.717) is 29.5 Å².